The number of benzene rings is 1. The molecule has 2 N–H and O–H groups in total. The summed E-state index contributed by atoms with van der Waals surface area (Å²) in [6.45, 7) is 5.02. The molecule has 148 valence electrons. The van der Waals surface area contributed by atoms with Crippen LogP contribution in [0.25, 0.3) is 0 Å². The first kappa shape index (κ1) is 19.6. The van der Waals surface area contributed by atoms with Gasteiger partial charge in [0.2, 0.25) is 11.8 Å². The predicted octanol–water partition coefficient (Wildman–Crippen LogP) is 0.468. The number of ether oxygens (including phenoxy) is 1. The fraction of sp³-hybridized carbons (Fsp3) is 0.600. The van der Waals surface area contributed by atoms with Gasteiger partial charge in [-0.25, -0.2) is 0 Å². The SMILES string of the molecule is COCC1(C(=O)NCC(=O)N2CCN(c3ccccc3)CC2)CCNCC1. The van der Waals surface area contributed by atoms with E-state index in [1.807, 2.05) is 23.1 Å². The Bertz CT molecular complexity index is 618. The minimum absolute atomic E-state index is 0.0161. The summed E-state index contributed by atoms with van der Waals surface area (Å²) in [6.07, 6.45) is 1.47. The number of carbonyl (C=O) groups excluding carboxylic acids is 2. The zero-order chi connectivity index (χ0) is 19.1. The first-order chi connectivity index (χ1) is 13.1. The van der Waals surface area contributed by atoms with Crippen LogP contribution in [0.3, 0.4) is 0 Å². The van der Waals surface area contributed by atoms with Crippen molar-refractivity contribution in [2.75, 3.05) is 64.4 Å². The van der Waals surface area contributed by atoms with Gasteiger partial charge in [-0.3, -0.25) is 9.59 Å². The number of piperazine rings is 1. The molecule has 2 heterocycles. The molecule has 0 radical (unpaired) electrons. The van der Waals surface area contributed by atoms with E-state index < -0.39 is 5.41 Å². The van der Waals surface area contributed by atoms with Crippen LogP contribution in [0.15, 0.2) is 30.3 Å². The van der Waals surface area contributed by atoms with Crippen molar-refractivity contribution in [3.05, 3.63) is 30.3 Å². The van der Waals surface area contributed by atoms with Crippen molar-refractivity contribution in [3.63, 3.8) is 0 Å². The maximum atomic E-state index is 12.7. The number of piperidine rings is 1. The number of para-hydroxylation sites is 1. The van der Waals surface area contributed by atoms with Gasteiger partial charge in [-0.1, -0.05) is 18.2 Å². The lowest BCUT2D eigenvalue weighted by Crippen LogP contribution is -2.54. The quantitative estimate of drug-likeness (QED) is 0.757. The van der Waals surface area contributed by atoms with Crippen molar-refractivity contribution in [1.29, 1.82) is 0 Å². The van der Waals surface area contributed by atoms with E-state index in [1.54, 1.807) is 7.11 Å². The van der Waals surface area contributed by atoms with E-state index in [9.17, 15) is 9.59 Å². The highest BCUT2D eigenvalue weighted by Crippen LogP contribution is 2.29. The Balaban J connectivity index is 1.47. The summed E-state index contributed by atoms with van der Waals surface area (Å²) < 4.78 is 5.29. The van der Waals surface area contributed by atoms with Crippen molar-refractivity contribution in [2.24, 2.45) is 5.41 Å². The second-order valence-corrected chi connectivity index (χ2v) is 7.35. The number of methoxy groups -OCH3 is 1. The summed E-state index contributed by atoms with van der Waals surface area (Å²) in [5.41, 5.74) is 0.664. The van der Waals surface area contributed by atoms with E-state index in [2.05, 4.69) is 27.7 Å². The van der Waals surface area contributed by atoms with Crippen LogP contribution in [-0.4, -0.2) is 76.2 Å². The minimum Gasteiger partial charge on any atom is -0.384 e. The Labute approximate surface area is 161 Å². The number of nitrogens with zero attached hydrogens (tertiary/aromatic N) is 2. The molecule has 0 atom stereocenters. The molecule has 1 aromatic carbocycles. The van der Waals surface area contributed by atoms with Gasteiger partial charge in [-0.05, 0) is 38.1 Å². The van der Waals surface area contributed by atoms with E-state index in [4.69, 9.17) is 4.74 Å². The van der Waals surface area contributed by atoms with Gasteiger partial charge in [0.15, 0.2) is 0 Å². The summed E-state index contributed by atoms with van der Waals surface area (Å²) >= 11 is 0. The molecule has 0 aliphatic carbocycles. The topological polar surface area (TPSA) is 73.9 Å². The van der Waals surface area contributed by atoms with Gasteiger partial charge in [-0.15, -0.1) is 0 Å². The number of hydrogen-bond donors (Lipinski definition) is 2. The van der Waals surface area contributed by atoms with Gasteiger partial charge in [0.05, 0.1) is 18.6 Å². The third kappa shape index (κ3) is 4.78. The second-order valence-electron chi connectivity index (χ2n) is 7.35. The van der Waals surface area contributed by atoms with E-state index >= 15 is 0 Å². The fourth-order valence-electron chi connectivity index (χ4n) is 3.93. The molecule has 0 saturated carbocycles. The molecule has 0 aromatic heterocycles. The maximum absolute atomic E-state index is 12.7. The molecule has 2 fully saturated rings. The van der Waals surface area contributed by atoms with Crippen LogP contribution in [-0.2, 0) is 14.3 Å². The summed E-state index contributed by atoms with van der Waals surface area (Å²) in [5.74, 6) is -0.0836. The number of nitrogens with one attached hydrogen (secondary N) is 2. The Morgan fingerprint density at radius 1 is 1.11 bits per heavy atom. The highest BCUT2D eigenvalue weighted by atomic mass is 16.5. The monoisotopic (exact) mass is 374 g/mol. The lowest BCUT2D eigenvalue weighted by atomic mass is 9.78. The minimum atomic E-state index is -0.522. The number of anilines is 1. The molecule has 2 aliphatic rings. The Hall–Kier alpha value is -2.12. The average molecular weight is 374 g/mol. The van der Waals surface area contributed by atoms with Crippen LogP contribution in [0, 0.1) is 5.41 Å². The Morgan fingerprint density at radius 3 is 2.41 bits per heavy atom. The Kier molecular flexibility index (Phi) is 6.68. The van der Waals surface area contributed by atoms with Gasteiger partial charge < -0.3 is 25.2 Å². The van der Waals surface area contributed by atoms with Gasteiger partial charge in [0.1, 0.15) is 0 Å². The first-order valence-electron chi connectivity index (χ1n) is 9.70. The molecule has 1 aromatic rings. The van der Waals surface area contributed by atoms with Gasteiger partial charge in [0, 0.05) is 39.0 Å². The highest BCUT2D eigenvalue weighted by Gasteiger charge is 2.39. The summed E-state index contributed by atoms with van der Waals surface area (Å²) in [4.78, 5) is 29.4. The van der Waals surface area contributed by atoms with E-state index in [0.29, 0.717) is 19.7 Å². The van der Waals surface area contributed by atoms with Crippen LogP contribution < -0.4 is 15.5 Å². The average Bonchev–Trinajstić information content (AvgIpc) is 2.73. The zero-order valence-electron chi connectivity index (χ0n) is 16.1. The maximum Gasteiger partial charge on any atom is 0.242 e. The molecule has 0 unspecified atom stereocenters. The van der Waals surface area contributed by atoms with Crippen LogP contribution in [0.5, 0.6) is 0 Å². The van der Waals surface area contributed by atoms with E-state index in [-0.39, 0.29) is 18.4 Å². The van der Waals surface area contributed by atoms with E-state index in [1.165, 1.54) is 5.69 Å². The number of carbonyl (C=O) groups is 2. The van der Waals surface area contributed by atoms with E-state index in [0.717, 1.165) is 39.0 Å². The zero-order valence-corrected chi connectivity index (χ0v) is 16.1. The predicted molar refractivity (Wildman–Crippen MR) is 105 cm³/mol. The van der Waals surface area contributed by atoms with Crippen LogP contribution in [0.2, 0.25) is 0 Å². The molecule has 0 bridgehead atoms. The molecular formula is C20H30N4O3. The highest BCUT2D eigenvalue weighted by molar-refractivity contribution is 5.88. The molecule has 3 rings (SSSR count). The first-order valence-corrected chi connectivity index (χ1v) is 9.70. The second kappa shape index (κ2) is 9.19. The molecule has 27 heavy (non-hydrogen) atoms. The molecule has 0 spiro atoms. The standard InChI is InChI=1S/C20H30N4O3/c1-27-16-20(7-9-21-10-8-20)19(26)22-15-18(25)24-13-11-23(12-14-24)17-5-3-2-4-6-17/h2-6,21H,7-16H2,1H3,(H,22,26). The molecule has 7 nitrogen and oxygen atoms in total. The Morgan fingerprint density at radius 2 is 1.78 bits per heavy atom. The largest absolute Gasteiger partial charge is 0.384 e. The number of hydrogen-bond acceptors (Lipinski definition) is 5. The lowest BCUT2D eigenvalue weighted by molar-refractivity contribution is -0.139. The molecule has 7 heteroatoms. The van der Waals surface area contributed by atoms with Crippen molar-refractivity contribution in [2.45, 2.75) is 12.8 Å². The van der Waals surface area contributed by atoms with Crippen LogP contribution in [0.1, 0.15) is 12.8 Å². The van der Waals surface area contributed by atoms with Gasteiger partial charge >= 0.3 is 0 Å². The summed E-state index contributed by atoms with van der Waals surface area (Å²) in [5, 5.41) is 6.14. The van der Waals surface area contributed by atoms with Crippen LogP contribution in [0.4, 0.5) is 5.69 Å². The molecule has 2 saturated heterocycles. The third-order valence-electron chi connectivity index (χ3n) is 5.62. The molecule has 2 amide bonds. The summed E-state index contributed by atoms with van der Waals surface area (Å²) in [7, 11) is 1.62. The molecule has 2 aliphatic heterocycles. The van der Waals surface area contributed by atoms with Crippen molar-refractivity contribution in [1.82, 2.24) is 15.5 Å². The smallest absolute Gasteiger partial charge is 0.242 e. The van der Waals surface area contributed by atoms with Crippen molar-refractivity contribution in [3.8, 4) is 0 Å². The van der Waals surface area contributed by atoms with Crippen LogP contribution >= 0.6 is 0 Å². The van der Waals surface area contributed by atoms with Gasteiger partial charge in [-0.2, -0.15) is 0 Å². The lowest BCUT2D eigenvalue weighted by Gasteiger charge is -2.37. The third-order valence-corrected chi connectivity index (χ3v) is 5.62. The van der Waals surface area contributed by atoms with Crippen molar-refractivity contribution < 1.29 is 14.3 Å². The summed E-state index contributed by atoms with van der Waals surface area (Å²) in [6, 6.07) is 10.2. The fourth-order valence-corrected chi connectivity index (χ4v) is 3.93. The normalized spacial score (nSPS) is 19.6. The van der Waals surface area contributed by atoms with Gasteiger partial charge in [0.25, 0.3) is 0 Å². The number of amides is 2. The van der Waals surface area contributed by atoms with Crippen molar-refractivity contribution >= 4 is 17.5 Å². The molecular weight excluding hydrogens is 344 g/mol. The number of rotatable bonds is 6.